The van der Waals surface area contributed by atoms with E-state index >= 15 is 0 Å². The van der Waals surface area contributed by atoms with Crippen LogP contribution in [-0.2, 0) is 0 Å². The van der Waals surface area contributed by atoms with Gasteiger partial charge < -0.3 is 0 Å². The maximum absolute atomic E-state index is 4.04. The average Bonchev–Trinajstić information content (AvgIpc) is 2.11. The Labute approximate surface area is 62.0 Å². The van der Waals surface area contributed by atoms with Crippen molar-refractivity contribution >= 4 is 5.71 Å². The highest BCUT2D eigenvalue weighted by atomic mass is 15.3. The second-order valence-corrected chi connectivity index (χ2v) is 3.63. The van der Waals surface area contributed by atoms with E-state index < -0.39 is 0 Å². The van der Waals surface area contributed by atoms with E-state index in [2.05, 4.69) is 31.3 Å². The molecular weight excluding hydrogens is 124 g/mol. The van der Waals surface area contributed by atoms with Crippen molar-refractivity contribution in [2.24, 2.45) is 10.5 Å². The molecule has 1 rings (SSSR count). The second-order valence-electron chi connectivity index (χ2n) is 3.63. The quantitative estimate of drug-likeness (QED) is 0.487. The van der Waals surface area contributed by atoms with Crippen LogP contribution in [0.25, 0.3) is 0 Å². The van der Waals surface area contributed by atoms with E-state index in [9.17, 15) is 0 Å². The second kappa shape index (κ2) is 2.11. The summed E-state index contributed by atoms with van der Waals surface area (Å²) in [5.74, 6) is 0. The minimum atomic E-state index is 0.139. The van der Waals surface area contributed by atoms with E-state index in [1.165, 1.54) is 5.57 Å². The van der Waals surface area contributed by atoms with E-state index in [4.69, 9.17) is 0 Å². The van der Waals surface area contributed by atoms with Gasteiger partial charge in [-0.05, 0) is 12.5 Å². The molecule has 0 atom stereocenters. The molecule has 0 aromatic rings. The molecule has 0 fully saturated rings. The van der Waals surface area contributed by atoms with Crippen molar-refractivity contribution in [1.29, 1.82) is 0 Å². The summed E-state index contributed by atoms with van der Waals surface area (Å²) in [5.41, 5.74) is 6.27. The first kappa shape index (κ1) is 7.32. The molecule has 2 nitrogen and oxygen atoms in total. The van der Waals surface area contributed by atoms with E-state index in [1.807, 2.05) is 6.92 Å². The number of hydrogen-bond acceptors (Lipinski definition) is 1. The highest BCUT2D eigenvalue weighted by molar-refractivity contribution is 6.04. The highest BCUT2D eigenvalue weighted by Gasteiger charge is 2.23. The Kier molecular flexibility index (Phi) is 1.55. The Hall–Kier alpha value is -0.790. The minimum Gasteiger partial charge on any atom is -0.159 e. The van der Waals surface area contributed by atoms with Crippen molar-refractivity contribution in [2.75, 3.05) is 0 Å². The van der Waals surface area contributed by atoms with Crippen molar-refractivity contribution in [1.82, 2.24) is 5.43 Å². The SMILES string of the molecule is CC1=C[N]N=C1C(C)(C)C. The summed E-state index contributed by atoms with van der Waals surface area (Å²) in [6.45, 7) is 8.47. The van der Waals surface area contributed by atoms with Gasteiger partial charge in [0.2, 0.25) is 0 Å². The highest BCUT2D eigenvalue weighted by Crippen LogP contribution is 2.23. The predicted octanol–water partition coefficient (Wildman–Crippen LogP) is 1.91. The molecule has 1 aliphatic heterocycles. The number of allylic oxidation sites excluding steroid dienone is 1. The smallest absolute Gasteiger partial charge is 0.0728 e. The molecule has 0 aliphatic carbocycles. The lowest BCUT2D eigenvalue weighted by atomic mass is 9.87. The molecule has 0 aromatic heterocycles. The maximum atomic E-state index is 4.04. The largest absolute Gasteiger partial charge is 0.159 e. The Balaban J connectivity index is 2.85. The van der Waals surface area contributed by atoms with Crippen LogP contribution >= 0.6 is 0 Å². The Morgan fingerprint density at radius 2 is 1.90 bits per heavy atom. The van der Waals surface area contributed by atoms with Gasteiger partial charge in [-0.3, -0.25) is 0 Å². The van der Waals surface area contributed by atoms with Crippen molar-refractivity contribution in [3.8, 4) is 0 Å². The molecule has 0 saturated heterocycles. The molecule has 1 aliphatic rings. The maximum Gasteiger partial charge on any atom is 0.0728 e. The van der Waals surface area contributed by atoms with Gasteiger partial charge in [0.05, 0.1) is 11.9 Å². The van der Waals surface area contributed by atoms with Gasteiger partial charge in [0.1, 0.15) is 0 Å². The molecule has 10 heavy (non-hydrogen) atoms. The predicted molar refractivity (Wildman–Crippen MR) is 42.8 cm³/mol. The van der Waals surface area contributed by atoms with Crippen LogP contribution in [0.15, 0.2) is 16.9 Å². The molecule has 0 N–H and O–H groups in total. The van der Waals surface area contributed by atoms with Crippen LogP contribution in [-0.4, -0.2) is 5.71 Å². The van der Waals surface area contributed by atoms with E-state index in [0.29, 0.717) is 0 Å². The van der Waals surface area contributed by atoms with Crippen molar-refractivity contribution in [3.05, 3.63) is 11.8 Å². The van der Waals surface area contributed by atoms with Crippen LogP contribution in [0.4, 0.5) is 0 Å². The fourth-order valence-corrected chi connectivity index (χ4v) is 1.05. The van der Waals surface area contributed by atoms with Gasteiger partial charge in [-0.2, -0.15) is 10.5 Å². The summed E-state index contributed by atoms with van der Waals surface area (Å²) in [6.07, 6.45) is 1.81. The lowest BCUT2D eigenvalue weighted by Gasteiger charge is -2.17. The summed E-state index contributed by atoms with van der Waals surface area (Å²) in [5, 5.41) is 4.04. The van der Waals surface area contributed by atoms with E-state index in [1.54, 1.807) is 6.20 Å². The third-order valence-corrected chi connectivity index (χ3v) is 1.49. The monoisotopic (exact) mass is 137 g/mol. The Bertz CT molecular complexity index is 194. The standard InChI is InChI=1S/C8H13N2/c1-6-5-9-10-7(6)8(2,3)4/h5H,1-4H3. The zero-order chi connectivity index (χ0) is 7.78. The van der Waals surface area contributed by atoms with Crippen LogP contribution in [0, 0.1) is 5.41 Å². The van der Waals surface area contributed by atoms with Gasteiger partial charge in [0.15, 0.2) is 0 Å². The molecular formula is C8H13N2. The first-order valence-electron chi connectivity index (χ1n) is 3.47. The van der Waals surface area contributed by atoms with Crippen LogP contribution in [0.2, 0.25) is 0 Å². The van der Waals surface area contributed by atoms with E-state index in [0.717, 1.165) is 5.71 Å². The topological polar surface area (TPSA) is 26.5 Å². The minimum absolute atomic E-state index is 0.139. The van der Waals surface area contributed by atoms with Crippen molar-refractivity contribution in [3.63, 3.8) is 0 Å². The summed E-state index contributed by atoms with van der Waals surface area (Å²) in [6, 6.07) is 0. The van der Waals surface area contributed by atoms with E-state index in [-0.39, 0.29) is 5.41 Å². The van der Waals surface area contributed by atoms with Gasteiger partial charge in [-0.1, -0.05) is 20.8 Å². The summed E-state index contributed by atoms with van der Waals surface area (Å²) in [7, 11) is 0. The fraction of sp³-hybridized carbons (Fsp3) is 0.625. The first-order chi connectivity index (χ1) is 4.52. The summed E-state index contributed by atoms with van der Waals surface area (Å²) in [4.78, 5) is 0. The normalized spacial score (nSPS) is 18.0. The molecule has 0 aromatic carbocycles. The first-order valence-corrected chi connectivity index (χ1v) is 3.47. The fourth-order valence-electron chi connectivity index (χ4n) is 1.05. The Morgan fingerprint density at radius 1 is 1.30 bits per heavy atom. The lowest BCUT2D eigenvalue weighted by Crippen LogP contribution is -2.19. The van der Waals surface area contributed by atoms with Crippen LogP contribution in [0.1, 0.15) is 27.7 Å². The van der Waals surface area contributed by atoms with Gasteiger partial charge in [-0.25, -0.2) is 0 Å². The molecule has 0 unspecified atom stereocenters. The molecule has 2 heteroatoms. The molecule has 1 heterocycles. The molecule has 0 saturated carbocycles. The van der Waals surface area contributed by atoms with Crippen LogP contribution < -0.4 is 5.43 Å². The molecule has 0 spiro atoms. The zero-order valence-corrected chi connectivity index (χ0v) is 6.97. The third-order valence-electron chi connectivity index (χ3n) is 1.49. The molecule has 0 bridgehead atoms. The van der Waals surface area contributed by atoms with Gasteiger partial charge >= 0.3 is 0 Å². The number of hydrogen-bond donors (Lipinski definition) is 0. The summed E-state index contributed by atoms with van der Waals surface area (Å²) >= 11 is 0. The van der Waals surface area contributed by atoms with Gasteiger partial charge in [0, 0.05) is 5.41 Å². The average molecular weight is 137 g/mol. The van der Waals surface area contributed by atoms with Crippen LogP contribution in [0.3, 0.4) is 0 Å². The molecule has 1 radical (unpaired) electrons. The zero-order valence-electron chi connectivity index (χ0n) is 6.97. The van der Waals surface area contributed by atoms with Crippen LogP contribution in [0.5, 0.6) is 0 Å². The third kappa shape index (κ3) is 1.20. The Morgan fingerprint density at radius 3 is 2.10 bits per heavy atom. The molecule has 55 valence electrons. The van der Waals surface area contributed by atoms with Crippen molar-refractivity contribution < 1.29 is 0 Å². The summed E-state index contributed by atoms with van der Waals surface area (Å²) < 4.78 is 0. The van der Waals surface area contributed by atoms with Gasteiger partial charge in [-0.15, -0.1) is 0 Å². The van der Waals surface area contributed by atoms with Crippen molar-refractivity contribution in [2.45, 2.75) is 27.7 Å². The number of rotatable bonds is 0. The number of nitrogens with zero attached hydrogens (tertiary/aromatic N) is 2. The lowest BCUT2D eigenvalue weighted by molar-refractivity contribution is 0.589. The molecule has 0 amide bonds. The van der Waals surface area contributed by atoms with Gasteiger partial charge in [0.25, 0.3) is 0 Å².